The third-order valence-electron chi connectivity index (χ3n) is 4.95. The molecule has 0 unspecified atom stereocenters. The van der Waals surface area contributed by atoms with E-state index in [2.05, 4.69) is 41.0 Å². The van der Waals surface area contributed by atoms with Gasteiger partial charge in [0.05, 0.1) is 5.41 Å². The molecular formula is C20H26N2O. The first-order chi connectivity index (χ1) is 11.3. The van der Waals surface area contributed by atoms with E-state index < -0.39 is 0 Å². The molecule has 2 N–H and O–H groups in total. The monoisotopic (exact) mass is 310 g/mol. The van der Waals surface area contributed by atoms with Crippen LogP contribution in [-0.4, -0.2) is 19.0 Å². The molecule has 1 saturated heterocycles. The van der Waals surface area contributed by atoms with Crippen LogP contribution in [0.4, 0.5) is 0 Å². The third-order valence-corrected chi connectivity index (χ3v) is 4.95. The fourth-order valence-corrected chi connectivity index (χ4v) is 3.54. The van der Waals surface area contributed by atoms with Gasteiger partial charge in [0, 0.05) is 6.54 Å². The molecule has 3 nitrogen and oxygen atoms in total. The Bertz CT molecular complexity index is 583. The SMILES string of the molecule is O=C(NCc1ccccc1)C1(CC2=CCCC=C2)CCNCC1. The van der Waals surface area contributed by atoms with Gasteiger partial charge in [-0.1, -0.05) is 54.1 Å². The summed E-state index contributed by atoms with van der Waals surface area (Å²) in [6.45, 7) is 2.47. The first-order valence-electron chi connectivity index (χ1n) is 8.67. The van der Waals surface area contributed by atoms with Crippen LogP contribution in [0.1, 0.15) is 37.7 Å². The van der Waals surface area contributed by atoms with Crippen LogP contribution in [0.3, 0.4) is 0 Å². The molecule has 122 valence electrons. The Labute approximate surface area is 138 Å². The van der Waals surface area contributed by atoms with Crippen LogP contribution in [0.15, 0.2) is 54.1 Å². The van der Waals surface area contributed by atoms with Crippen molar-refractivity contribution in [2.45, 2.75) is 38.6 Å². The number of benzene rings is 1. The van der Waals surface area contributed by atoms with Crippen LogP contribution in [0.5, 0.6) is 0 Å². The summed E-state index contributed by atoms with van der Waals surface area (Å²) in [5, 5.41) is 6.57. The van der Waals surface area contributed by atoms with E-state index in [-0.39, 0.29) is 11.3 Å². The summed E-state index contributed by atoms with van der Waals surface area (Å²) >= 11 is 0. The molecule has 1 fully saturated rings. The summed E-state index contributed by atoms with van der Waals surface area (Å²) in [7, 11) is 0. The topological polar surface area (TPSA) is 41.1 Å². The molecule has 3 rings (SSSR count). The Kier molecular flexibility index (Phi) is 5.29. The number of hydrogen-bond acceptors (Lipinski definition) is 2. The highest BCUT2D eigenvalue weighted by atomic mass is 16.2. The molecule has 1 heterocycles. The van der Waals surface area contributed by atoms with Crippen LogP contribution in [0.2, 0.25) is 0 Å². The molecule has 1 aromatic carbocycles. The molecule has 1 aliphatic carbocycles. The second kappa shape index (κ2) is 7.60. The number of piperidine rings is 1. The molecular weight excluding hydrogens is 284 g/mol. The average Bonchev–Trinajstić information content (AvgIpc) is 2.62. The molecule has 0 aromatic heterocycles. The average molecular weight is 310 g/mol. The minimum atomic E-state index is -0.256. The minimum Gasteiger partial charge on any atom is -0.352 e. The molecule has 3 heteroatoms. The van der Waals surface area contributed by atoms with Crippen LogP contribution >= 0.6 is 0 Å². The molecule has 0 atom stereocenters. The van der Waals surface area contributed by atoms with Gasteiger partial charge < -0.3 is 10.6 Å². The highest BCUT2D eigenvalue weighted by molar-refractivity contribution is 5.83. The van der Waals surface area contributed by atoms with Gasteiger partial charge in [0.25, 0.3) is 0 Å². The zero-order valence-electron chi connectivity index (χ0n) is 13.7. The van der Waals surface area contributed by atoms with Crippen molar-refractivity contribution in [2.24, 2.45) is 5.41 Å². The summed E-state index contributed by atoms with van der Waals surface area (Å²) in [5.74, 6) is 0.211. The van der Waals surface area contributed by atoms with Crippen molar-refractivity contribution in [2.75, 3.05) is 13.1 Å². The number of hydrogen-bond donors (Lipinski definition) is 2. The van der Waals surface area contributed by atoms with Crippen LogP contribution in [-0.2, 0) is 11.3 Å². The number of nitrogens with one attached hydrogen (secondary N) is 2. The van der Waals surface area contributed by atoms with Gasteiger partial charge in [0.1, 0.15) is 0 Å². The Morgan fingerprint density at radius 3 is 2.61 bits per heavy atom. The maximum Gasteiger partial charge on any atom is 0.226 e. The van der Waals surface area contributed by atoms with Gasteiger partial charge in [-0.3, -0.25) is 4.79 Å². The molecule has 1 aliphatic heterocycles. The van der Waals surface area contributed by atoms with E-state index in [4.69, 9.17) is 0 Å². The van der Waals surface area contributed by atoms with Crippen molar-refractivity contribution in [3.05, 3.63) is 59.7 Å². The molecule has 1 aromatic rings. The molecule has 1 amide bonds. The molecule has 0 spiro atoms. The summed E-state index contributed by atoms with van der Waals surface area (Å²) in [5.41, 5.74) is 2.22. The maximum atomic E-state index is 13.0. The predicted molar refractivity (Wildman–Crippen MR) is 93.9 cm³/mol. The maximum absolute atomic E-state index is 13.0. The van der Waals surface area contributed by atoms with Gasteiger partial charge in [-0.25, -0.2) is 0 Å². The Morgan fingerprint density at radius 2 is 1.91 bits per heavy atom. The smallest absolute Gasteiger partial charge is 0.226 e. The molecule has 0 saturated carbocycles. The number of amides is 1. The second-order valence-electron chi connectivity index (χ2n) is 6.63. The van der Waals surface area contributed by atoms with Crippen molar-refractivity contribution in [3.8, 4) is 0 Å². The lowest BCUT2D eigenvalue weighted by molar-refractivity contribution is -0.132. The second-order valence-corrected chi connectivity index (χ2v) is 6.63. The number of allylic oxidation sites excluding steroid dienone is 4. The third kappa shape index (κ3) is 4.11. The highest BCUT2D eigenvalue weighted by Gasteiger charge is 2.39. The van der Waals surface area contributed by atoms with E-state index in [9.17, 15) is 4.79 Å². The summed E-state index contributed by atoms with van der Waals surface area (Å²) in [6.07, 6.45) is 11.7. The fourth-order valence-electron chi connectivity index (χ4n) is 3.54. The van der Waals surface area contributed by atoms with E-state index in [1.54, 1.807) is 0 Å². The van der Waals surface area contributed by atoms with Gasteiger partial charge >= 0.3 is 0 Å². The van der Waals surface area contributed by atoms with E-state index in [0.717, 1.165) is 50.8 Å². The quantitative estimate of drug-likeness (QED) is 0.876. The Morgan fingerprint density at radius 1 is 1.13 bits per heavy atom. The Balaban J connectivity index is 1.68. The van der Waals surface area contributed by atoms with Crippen LogP contribution in [0.25, 0.3) is 0 Å². The zero-order chi connectivity index (χ0) is 16.0. The largest absolute Gasteiger partial charge is 0.352 e. The van der Waals surface area contributed by atoms with E-state index in [0.29, 0.717) is 6.54 Å². The minimum absolute atomic E-state index is 0.211. The molecule has 2 aliphatic rings. The van der Waals surface area contributed by atoms with Crippen molar-refractivity contribution in [3.63, 3.8) is 0 Å². The first kappa shape index (κ1) is 16.0. The van der Waals surface area contributed by atoms with Gasteiger partial charge in [-0.05, 0) is 50.8 Å². The molecule has 23 heavy (non-hydrogen) atoms. The lowest BCUT2D eigenvalue weighted by atomic mass is 9.72. The Hall–Kier alpha value is -1.87. The summed E-state index contributed by atoms with van der Waals surface area (Å²) in [6, 6.07) is 10.1. The van der Waals surface area contributed by atoms with Crippen molar-refractivity contribution in [1.82, 2.24) is 10.6 Å². The summed E-state index contributed by atoms with van der Waals surface area (Å²) in [4.78, 5) is 13.0. The molecule has 0 bridgehead atoms. The highest BCUT2D eigenvalue weighted by Crippen LogP contribution is 2.37. The van der Waals surface area contributed by atoms with E-state index >= 15 is 0 Å². The molecule has 0 radical (unpaired) electrons. The lowest BCUT2D eigenvalue weighted by Crippen LogP contribution is -2.47. The van der Waals surface area contributed by atoms with Crippen molar-refractivity contribution in [1.29, 1.82) is 0 Å². The van der Waals surface area contributed by atoms with E-state index in [1.165, 1.54) is 5.57 Å². The van der Waals surface area contributed by atoms with Crippen molar-refractivity contribution < 1.29 is 4.79 Å². The van der Waals surface area contributed by atoms with Gasteiger partial charge in [-0.15, -0.1) is 0 Å². The number of carbonyl (C=O) groups excluding carboxylic acids is 1. The van der Waals surface area contributed by atoms with Crippen LogP contribution in [0, 0.1) is 5.41 Å². The van der Waals surface area contributed by atoms with E-state index in [1.807, 2.05) is 18.2 Å². The number of carbonyl (C=O) groups is 1. The summed E-state index contributed by atoms with van der Waals surface area (Å²) < 4.78 is 0. The van der Waals surface area contributed by atoms with Crippen LogP contribution < -0.4 is 10.6 Å². The normalized spacial score (nSPS) is 19.9. The lowest BCUT2D eigenvalue weighted by Gasteiger charge is -2.37. The van der Waals surface area contributed by atoms with Gasteiger partial charge in [0.2, 0.25) is 5.91 Å². The predicted octanol–water partition coefficient (Wildman–Crippen LogP) is 3.34. The fraction of sp³-hybridized carbons (Fsp3) is 0.450. The van der Waals surface area contributed by atoms with Gasteiger partial charge in [0.15, 0.2) is 0 Å². The number of rotatable bonds is 5. The standard InChI is InChI=1S/C20H26N2O/c23-19(22-16-18-9-5-2-6-10-18)20(11-13-21-14-12-20)15-17-7-3-1-4-8-17/h2-3,5-10,21H,1,4,11-16H2,(H,22,23). The zero-order valence-corrected chi connectivity index (χ0v) is 13.7. The van der Waals surface area contributed by atoms with Gasteiger partial charge in [-0.2, -0.15) is 0 Å². The first-order valence-corrected chi connectivity index (χ1v) is 8.67. The van der Waals surface area contributed by atoms with Crippen molar-refractivity contribution >= 4 is 5.91 Å².